The summed E-state index contributed by atoms with van der Waals surface area (Å²) in [5.74, 6) is 0.115. The van der Waals surface area contributed by atoms with E-state index in [0.717, 1.165) is 22.0 Å². The third kappa shape index (κ3) is 2.76. The van der Waals surface area contributed by atoms with Gasteiger partial charge in [-0.25, -0.2) is 0 Å². The first-order valence-corrected chi connectivity index (χ1v) is 8.99. The first kappa shape index (κ1) is 17.2. The average Bonchev–Trinajstić information content (AvgIpc) is 2.90. The van der Waals surface area contributed by atoms with E-state index in [4.69, 9.17) is 4.74 Å². The van der Waals surface area contributed by atoms with Crippen LogP contribution in [0.4, 0.5) is 0 Å². The Morgan fingerprint density at radius 3 is 2.52 bits per heavy atom. The molecule has 5 nitrogen and oxygen atoms in total. The fourth-order valence-corrected chi connectivity index (χ4v) is 3.59. The fourth-order valence-electron chi connectivity index (χ4n) is 3.59. The normalized spacial score (nSPS) is 13.4. The summed E-state index contributed by atoms with van der Waals surface area (Å²) in [6.07, 6.45) is 0. The molecule has 0 atom stereocenters. The minimum Gasteiger partial charge on any atom is -0.494 e. The smallest absolute Gasteiger partial charge is 0.263 e. The van der Waals surface area contributed by atoms with E-state index in [9.17, 15) is 9.59 Å². The number of amides is 2. The zero-order valence-electron chi connectivity index (χ0n) is 15.6. The number of rotatable bonds is 4. The van der Waals surface area contributed by atoms with E-state index < -0.39 is 0 Å². The highest BCUT2D eigenvalue weighted by Gasteiger charge is 2.39. The van der Waals surface area contributed by atoms with E-state index in [1.807, 2.05) is 56.3 Å². The van der Waals surface area contributed by atoms with Gasteiger partial charge < -0.3 is 4.74 Å². The minimum absolute atomic E-state index is 0.176. The molecule has 0 aliphatic carbocycles. The lowest BCUT2D eigenvalue weighted by atomic mass is 10.0. The second-order valence-corrected chi connectivity index (χ2v) is 6.71. The summed E-state index contributed by atoms with van der Waals surface area (Å²) in [6.45, 7) is 6.34. The van der Waals surface area contributed by atoms with Crippen molar-refractivity contribution in [2.24, 2.45) is 0 Å². The zero-order chi connectivity index (χ0) is 19.1. The number of aryl methyl sites for hydroxylation is 2. The molecule has 4 rings (SSSR count). The van der Waals surface area contributed by atoms with Crippen LogP contribution in [-0.4, -0.2) is 28.3 Å². The van der Waals surface area contributed by atoms with E-state index in [1.54, 1.807) is 6.92 Å². The van der Waals surface area contributed by atoms with Crippen LogP contribution in [0.3, 0.4) is 0 Å². The molecule has 0 spiro atoms. The number of hydrogen-bond donors (Lipinski definition) is 0. The molecule has 2 aromatic carbocycles. The molecular formula is C22H20N2O3. The number of hydrogen-bond acceptors (Lipinski definition) is 4. The van der Waals surface area contributed by atoms with Crippen LogP contribution < -0.4 is 4.74 Å². The second-order valence-electron chi connectivity index (χ2n) is 6.71. The Morgan fingerprint density at radius 1 is 1.00 bits per heavy atom. The van der Waals surface area contributed by atoms with Crippen LogP contribution >= 0.6 is 0 Å². The van der Waals surface area contributed by atoms with Gasteiger partial charge in [0.2, 0.25) is 0 Å². The number of benzene rings is 2. The Balaban J connectivity index is 1.81. The summed E-state index contributed by atoms with van der Waals surface area (Å²) < 4.78 is 5.64. The van der Waals surface area contributed by atoms with Crippen LogP contribution in [0.5, 0.6) is 5.75 Å². The summed E-state index contributed by atoms with van der Waals surface area (Å²) in [5, 5.41) is 0.731. The molecule has 0 saturated heterocycles. The first-order chi connectivity index (χ1) is 13.0. The number of carbonyl (C=O) groups is 2. The molecule has 3 aromatic rings. The molecule has 27 heavy (non-hydrogen) atoms. The van der Waals surface area contributed by atoms with Crippen LogP contribution in [0.2, 0.25) is 0 Å². The van der Waals surface area contributed by atoms with Crippen LogP contribution in [0.25, 0.3) is 10.9 Å². The SMILES string of the molecule is CCOc1ccccc1CN1C(=O)c2c(C)nc3ccc(C)cc3c2C1=O. The molecule has 0 fully saturated rings. The van der Waals surface area contributed by atoms with Gasteiger partial charge >= 0.3 is 0 Å². The maximum Gasteiger partial charge on any atom is 0.263 e. The van der Waals surface area contributed by atoms with Gasteiger partial charge in [0.15, 0.2) is 0 Å². The van der Waals surface area contributed by atoms with Gasteiger partial charge in [-0.1, -0.05) is 29.8 Å². The van der Waals surface area contributed by atoms with Crippen molar-refractivity contribution in [2.45, 2.75) is 27.3 Å². The average molecular weight is 360 g/mol. The molecular weight excluding hydrogens is 340 g/mol. The number of pyridine rings is 1. The van der Waals surface area contributed by atoms with E-state index in [0.29, 0.717) is 29.2 Å². The summed E-state index contributed by atoms with van der Waals surface area (Å²) in [4.78, 5) is 32.1. The van der Waals surface area contributed by atoms with E-state index in [-0.39, 0.29) is 18.4 Å². The van der Waals surface area contributed by atoms with Gasteiger partial charge in [0.1, 0.15) is 5.75 Å². The topological polar surface area (TPSA) is 59.5 Å². The highest BCUT2D eigenvalue weighted by atomic mass is 16.5. The number of nitrogens with zero attached hydrogens (tertiary/aromatic N) is 2. The third-order valence-electron chi connectivity index (χ3n) is 4.84. The lowest BCUT2D eigenvalue weighted by Gasteiger charge is -2.16. The predicted molar refractivity (Wildman–Crippen MR) is 103 cm³/mol. The van der Waals surface area contributed by atoms with Crippen molar-refractivity contribution < 1.29 is 14.3 Å². The quantitative estimate of drug-likeness (QED) is 0.659. The van der Waals surface area contributed by atoms with E-state index in [2.05, 4.69) is 4.98 Å². The molecule has 5 heteroatoms. The Bertz CT molecular complexity index is 1090. The maximum atomic E-state index is 13.2. The summed E-state index contributed by atoms with van der Waals surface area (Å²) in [6, 6.07) is 13.2. The molecule has 1 aliphatic heterocycles. The summed E-state index contributed by atoms with van der Waals surface area (Å²) >= 11 is 0. The predicted octanol–water partition coefficient (Wildman–Crippen LogP) is 4.05. The number of carbonyl (C=O) groups excluding carboxylic acids is 2. The highest BCUT2D eigenvalue weighted by molar-refractivity contribution is 6.26. The first-order valence-electron chi connectivity index (χ1n) is 8.99. The maximum absolute atomic E-state index is 13.2. The molecule has 1 aliphatic rings. The van der Waals surface area contributed by atoms with Crippen molar-refractivity contribution in [3.63, 3.8) is 0 Å². The van der Waals surface area contributed by atoms with Gasteiger partial charge in [-0.2, -0.15) is 0 Å². The van der Waals surface area contributed by atoms with Gasteiger partial charge in [-0.3, -0.25) is 19.5 Å². The number of imide groups is 1. The monoisotopic (exact) mass is 360 g/mol. The Labute approximate surface area is 157 Å². The largest absolute Gasteiger partial charge is 0.494 e. The van der Waals surface area contributed by atoms with Crippen LogP contribution in [-0.2, 0) is 6.54 Å². The van der Waals surface area contributed by atoms with Gasteiger partial charge in [0.05, 0.1) is 35.5 Å². The van der Waals surface area contributed by atoms with Crippen molar-refractivity contribution in [1.29, 1.82) is 0 Å². The van der Waals surface area contributed by atoms with Gasteiger partial charge in [-0.15, -0.1) is 0 Å². The molecule has 1 aromatic heterocycles. The molecule has 0 unspecified atom stereocenters. The lowest BCUT2D eigenvalue weighted by molar-refractivity contribution is 0.0641. The van der Waals surface area contributed by atoms with Gasteiger partial charge in [-0.05, 0) is 39.0 Å². The number of aromatic nitrogens is 1. The summed E-state index contributed by atoms with van der Waals surface area (Å²) in [5.41, 5.74) is 4.01. The molecule has 0 bridgehead atoms. The summed E-state index contributed by atoms with van der Waals surface area (Å²) in [7, 11) is 0. The molecule has 2 amide bonds. The molecule has 0 N–H and O–H groups in total. The van der Waals surface area contributed by atoms with Crippen LogP contribution in [0.1, 0.15) is 44.5 Å². The van der Waals surface area contributed by atoms with Crippen molar-refractivity contribution in [1.82, 2.24) is 9.88 Å². The van der Waals surface area contributed by atoms with Gasteiger partial charge in [0, 0.05) is 10.9 Å². The van der Waals surface area contributed by atoms with Crippen molar-refractivity contribution in [3.8, 4) is 5.75 Å². The Morgan fingerprint density at radius 2 is 1.74 bits per heavy atom. The molecule has 0 radical (unpaired) electrons. The number of ether oxygens (including phenoxy) is 1. The Hall–Kier alpha value is -3.21. The molecule has 0 saturated carbocycles. The standard InChI is InChI=1S/C22H20N2O3/c1-4-27-18-8-6-5-7-15(18)12-24-21(25)19-14(3)23-17-10-9-13(2)11-16(17)20(19)22(24)26/h5-11H,4,12H2,1-3H3. The van der Waals surface area contributed by atoms with E-state index >= 15 is 0 Å². The number of para-hydroxylation sites is 1. The third-order valence-corrected chi connectivity index (χ3v) is 4.84. The van der Waals surface area contributed by atoms with Crippen molar-refractivity contribution in [3.05, 3.63) is 70.4 Å². The lowest BCUT2D eigenvalue weighted by Crippen LogP contribution is -2.29. The highest BCUT2D eigenvalue weighted by Crippen LogP contribution is 2.33. The van der Waals surface area contributed by atoms with Crippen LogP contribution in [0, 0.1) is 13.8 Å². The van der Waals surface area contributed by atoms with E-state index in [1.165, 1.54) is 4.90 Å². The zero-order valence-corrected chi connectivity index (χ0v) is 15.6. The van der Waals surface area contributed by atoms with Crippen molar-refractivity contribution >= 4 is 22.7 Å². The second kappa shape index (κ2) is 6.50. The Kier molecular flexibility index (Phi) is 4.15. The fraction of sp³-hybridized carbons (Fsp3) is 0.227. The van der Waals surface area contributed by atoms with Gasteiger partial charge in [0.25, 0.3) is 11.8 Å². The van der Waals surface area contributed by atoms with Crippen LogP contribution in [0.15, 0.2) is 42.5 Å². The minimum atomic E-state index is -0.297. The molecule has 2 heterocycles. The van der Waals surface area contributed by atoms with Crippen molar-refractivity contribution in [2.75, 3.05) is 6.61 Å². The molecule has 136 valence electrons. The number of fused-ring (bicyclic) bond motifs is 3.